The third-order valence-corrected chi connectivity index (χ3v) is 4.46. The molecule has 0 fully saturated rings. The number of anilines is 2. The molecule has 0 saturated heterocycles. The largest absolute Gasteiger partial charge is 0.378 e. The number of rotatable bonds is 6. The zero-order valence-electron chi connectivity index (χ0n) is 12.4. The summed E-state index contributed by atoms with van der Waals surface area (Å²) in [6.45, 7) is 1.12. The lowest BCUT2D eigenvalue weighted by molar-refractivity contribution is 0.630. The first kappa shape index (κ1) is 15.5. The van der Waals surface area contributed by atoms with Gasteiger partial charge in [-0.1, -0.05) is 24.3 Å². The summed E-state index contributed by atoms with van der Waals surface area (Å²) < 4.78 is 27.1. The SMILES string of the molecule is Fc1ccccc1NCc1ccc(CNc2ccccc2F)s1. The Morgan fingerprint density at radius 1 is 0.652 bits per heavy atom. The average molecular weight is 330 g/mol. The maximum atomic E-state index is 13.5. The summed E-state index contributed by atoms with van der Waals surface area (Å²) >= 11 is 1.61. The smallest absolute Gasteiger partial charge is 0.146 e. The molecule has 3 rings (SSSR count). The lowest BCUT2D eigenvalue weighted by Crippen LogP contribution is -2.00. The number of para-hydroxylation sites is 2. The minimum atomic E-state index is -0.259. The summed E-state index contributed by atoms with van der Waals surface area (Å²) in [5.74, 6) is -0.518. The summed E-state index contributed by atoms with van der Waals surface area (Å²) in [5.41, 5.74) is 0.985. The molecular formula is C18H16F2N2S. The van der Waals surface area contributed by atoms with Crippen LogP contribution in [0.25, 0.3) is 0 Å². The van der Waals surface area contributed by atoms with Gasteiger partial charge in [0, 0.05) is 22.8 Å². The van der Waals surface area contributed by atoms with Gasteiger partial charge in [0.2, 0.25) is 0 Å². The first-order valence-electron chi connectivity index (χ1n) is 7.27. The maximum absolute atomic E-state index is 13.5. The molecule has 118 valence electrons. The summed E-state index contributed by atoms with van der Waals surface area (Å²) in [6.07, 6.45) is 0. The second-order valence-corrected chi connectivity index (χ2v) is 6.29. The van der Waals surface area contributed by atoms with Gasteiger partial charge in [-0.2, -0.15) is 0 Å². The highest BCUT2D eigenvalue weighted by molar-refractivity contribution is 7.12. The van der Waals surface area contributed by atoms with Crippen molar-refractivity contribution in [2.45, 2.75) is 13.1 Å². The van der Waals surface area contributed by atoms with Crippen molar-refractivity contribution in [1.82, 2.24) is 0 Å². The molecule has 3 aromatic rings. The minimum absolute atomic E-state index is 0.259. The van der Waals surface area contributed by atoms with E-state index in [1.54, 1.807) is 47.7 Å². The van der Waals surface area contributed by atoms with Crippen molar-refractivity contribution < 1.29 is 8.78 Å². The van der Waals surface area contributed by atoms with E-state index in [2.05, 4.69) is 10.6 Å². The van der Waals surface area contributed by atoms with Gasteiger partial charge in [-0.15, -0.1) is 11.3 Å². The molecular weight excluding hydrogens is 314 g/mol. The lowest BCUT2D eigenvalue weighted by atomic mass is 10.3. The van der Waals surface area contributed by atoms with Crippen molar-refractivity contribution in [3.63, 3.8) is 0 Å². The van der Waals surface area contributed by atoms with Gasteiger partial charge in [0.25, 0.3) is 0 Å². The van der Waals surface area contributed by atoms with E-state index in [1.807, 2.05) is 12.1 Å². The predicted octanol–water partition coefficient (Wildman–Crippen LogP) is 5.25. The summed E-state index contributed by atoms with van der Waals surface area (Å²) in [5, 5.41) is 6.16. The van der Waals surface area contributed by atoms with Crippen molar-refractivity contribution in [3.05, 3.63) is 82.1 Å². The monoisotopic (exact) mass is 330 g/mol. The number of thiophene rings is 1. The van der Waals surface area contributed by atoms with Gasteiger partial charge in [0.1, 0.15) is 11.6 Å². The Bertz CT molecular complexity index is 722. The Hall–Kier alpha value is -2.40. The van der Waals surface area contributed by atoms with Crippen LogP contribution in [0.3, 0.4) is 0 Å². The first-order chi connectivity index (χ1) is 11.2. The maximum Gasteiger partial charge on any atom is 0.146 e. The average Bonchev–Trinajstić information content (AvgIpc) is 3.01. The van der Waals surface area contributed by atoms with E-state index in [9.17, 15) is 8.78 Å². The molecule has 1 aromatic heterocycles. The van der Waals surface area contributed by atoms with Gasteiger partial charge < -0.3 is 10.6 Å². The summed E-state index contributed by atoms with van der Waals surface area (Å²) in [7, 11) is 0. The fourth-order valence-electron chi connectivity index (χ4n) is 2.19. The highest BCUT2D eigenvalue weighted by atomic mass is 32.1. The van der Waals surface area contributed by atoms with E-state index in [0.717, 1.165) is 9.75 Å². The van der Waals surface area contributed by atoms with Crippen molar-refractivity contribution in [3.8, 4) is 0 Å². The zero-order valence-corrected chi connectivity index (χ0v) is 13.2. The molecule has 0 bridgehead atoms. The van der Waals surface area contributed by atoms with Gasteiger partial charge in [-0.25, -0.2) is 8.78 Å². The fraction of sp³-hybridized carbons (Fsp3) is 0.111. The molecule has 0 saturated carbocycles. The predicted molar refractivity (Wildman–Crippen MR) is 91.8 cm³/mol. The van der Waals surface area contributed by atoms with Crippen LogP contribution in [0.1, 0.15) is 9.75 Å². The Morgan fingerprint density at radius 3 is 1.52 bits per heavy atom. The van der Waals surface area contributed by atoms with Crippen LogP contribution in [0, 0.1) is 11.6 Å². The van der Waals surface area contributed by atoms with Gasteiger partial charge in [-0.05, 0) is 36.4 Å². The van der Waals surface area contributed by atoms with Crippen molar-refractivity contribution >= 4 is 22.7 Å². The molecule has 2 aromatic carbocycles. The van der Waals surface area contributed by atoms with Crippen LogP contribution in [0.15, 0.2) is 60.7 Å². The zero-order chi connectivity index (χ0) is 16.1. The Kier molecular flexibility index (Phi) is 4.88. The van der Waals surface area contributed by atoms with Crippen LogP contribution in [0.2, 0.25) is 0 Å². The van der Waals surface area contributed by atoms with Crippen molar-refractivity contribution in [2.24, 2.45) is 0 Å². The van der Waals surface area contributed by atoms with Crippen LogP contribution in [0.5, 0.6) is 0 Å². The Balaban J connectivity index is 1.56. The van der Waals surface area contributed by atoms with Gasteiger partial charge in [-0.3, -0.25) is 0 Å². The van der Waals surface area contributed by atoms with E-state index >= 15 is 0 Å². The third-order valence-electron chi connectivity index (χ3n) is 3.37. The number of hydrogen-bond acceptors (Lipinski definition) is 3. The standard InChI is InChI=1S/C18H16F2N2S/c19-15-5-1-3-7-17(15)21-11-13-9-10-14(23-13)12-22-18-8-4-2-6-16(18)20/h1-10,21-22H,11-12H2. The number of benzene rings is 2. The second-order valence-electron chi connectivity index (χ2n) is 5.03. The molecule has 0 amide bonds. The van der Waals surface area contributed by atoms with Crippen LogP contribution in [0.4, 0.5) is 20.2 Å². The molecule has 0 atom stereocenters. The molecule has 0 unspecified atom stereocenters. The van der Waals surface area contributed by atoms with Crippen LogP contribution in [-0.4, -0.2) is 0 Å². The molecule has 1 heterocycles. The number of nitrogens with one attached hydrogen (secondary N) is 2. The van der Waals surface area contributed by atoms with E-state index in [0.29, 0.717) is 24.5 Å². The highest BCUT2D eigenvalue weighted by Gasteiger charge is 2.04. The van der Waals surface area contributed by atoms with Crippen molar-refractivity contribution in [2.75, 3.05) is 10.6 Å². The van der Waals surface area contributed by atoms with Crippen LogP contribution >= 0.6 is 11.3 Å². The van der Waals surface area contributed by atoms with Crippen LogP contribution < -0.4 is 10.6 Å². The molecule has 5 heteroatoms. The van der Waals surface area contributed by atoms with Gasteiger partial charge in [0.05, 0.1) is 11.4 Å². The first-order valence-corrected chi connectivity index (χ1v) is 8.08. The third kappa shape index (κ3) is 4.07. The molecule has 2 nitrogen and oxygen atoms in total. The lowest BCUT2D eigenvalue weighted by Gasteiger charge is -2.06. The number of halogens is 2. The van der Waals surface area contributed by atoms with E-state index < -0.39 is 0 Å². The topological polar surface area (TPSA) is 24.1 Å². The number of hydrogen-bond donors (Lipinski definition) is 2. The summed E-state index contributed by atoms with van der Waals surface area (Å²) in [4.78, 5) is 2.19. The van der Waals surface area contributed by atoms with E-state index in [1.165, 1.54) is 12.1 Å². The summed E-state index contributed by atoms with van der Waals surface area (Å²) in [6, 6.07) is 17.2. The van der Waals surface area contributed by atoms with Gasteiger partial charge >= 0.3 is 0 Å². The molecule has 0 aliphatic rings. The molecule has 23 heavy (non-hydrogen) atoms. The fourth-order valence-corrected chi connectivity index (χ4v) is 3.08. The Labute approximate surface area is 137 Å². The van der Waals surface area contributed by atoms with E-state index in [4.69, 9.17) is 0 Å². The molecule has 0 aliphatic carbocycles. The van der Waals surface area contributed by atoms with Gasteiger partial charge in [0.15, 0.2) is 0 Å². The normalized spacial score (nSPS) is 10.5. The highest BCUT2D eigenvalue weighted by Crippen LogP contribution is 2.21. The Morgan fingerprint density at radius 2 is 1.09 bits per heavy atom. The quantitative estimate of drug-likeness (QED) is 0.645. The van der Waals surface area contributed by atoms with E-state index in [-0.39, 0.29) is 11.6 Å². The minimum Gasteiger partial charge on any atom is -0.378 e. The molecule has 0 aliphatic heterocycles. The molecule has 0 spiro atoms. The molecule has 2 N–H and O–H groups in total. The van der Waals surface area contributed by atoms with Crippen LogP contribution in [-0.2, 0) is 13.1 Å². The van der Waals surface area contributed by atoms with Crippen molar-refractivity contribution in [1.29, 1.82) is 0 Å². The second kappa shape index (κ2) is 7.24. The molecule has 0 radical (unpaired) electrons.